The van der Waals surface area contributed by atoms with Gasteiger partial charge in [-0.05, 0) is 43.0 Å². The zero-order valence-electron chi connectivity index (χ0n) is 14.3. The Morgan fingerprint density at radius 1 is 1.16 bits per heavy atom. The predicted molar refractivity (Wildman–Crippen MR) is 95.3 cm³/mol. The Hall–Kier alpha value is -2.40. The van der Waals surface area contributed by atoms with Gasteiger partial charge in [0, 0.05) is 25.5 Å². The SMILES string of the molecule is O=C(Cc1cccnc1)N1CCCC(O)(COc2ccccc2)CC1. The minimum Gasteiger partial charge on any atom is -0.491 e. The van der Waals surface area contributed by atoms with Crippen molar-refractivity contribution < 1.29 is 14.6 Å². The number of amides is 1. The molecule has 1 aromatic heterocycles. The Morgan fingerprint density at radius 2 is 2.00 bits per heavy atom. The molecule has 1 aromatic carbocycles. The third kappa shape index (κ3) is 5.03. The first kappa shape index (κ1) is 17.4. The summed E-state index contributed by atoms with van der Waals surface area (Å²) in [5, 5.41) is 10.8. The first-order valence-corrected chi connectivity index (χ1v) is 8.72. The minimum absolute atomic E-state index is 0.0845. The number of hydrogen-bond donors (Lipinski definition) is 1. The average Bonchev–Trinajstić information content (AvgIpc) is 2.84. The number of nitrogens with zero attached hydrogens (tertiary/aromatic N) is 2. The van der Waals surface area contributed by atoms with Gasteiger partial charge in [0.1, 0.15) is 18.0 Å². The van der Waals surface area contributed by atoms with E-state index in [1.165, 1.54) is 0 Å². The number of hydrogen-bond acceptors (Lipinski definition) is 4. The number of benzene rings is 1. The molecule has 5 nitrogen and oxygen atoms in total. The first-order chi connectivity index (χ1) is 12.1. The number of pyridine rings is 1. The van der Waals surface area contributed by atoms with Gasteiger partial charge in [0.2, 0.25) is 5.91 Å². The van der Waals surface area contributed by atoms with Crippen LogP contribution in [0.5, 0.6) is 5.75 Å². The molecule has 5 heteroatoms. The number of para-hydroxylation sites is 1. The smallest absolute Gasteiger partial charge is 0.227 e. The van der Waals surface area contributed by atoms with Crippen LogP contribution < -0.4 is 4.74 Å². The minimum atomic E-state index is -0.890. The number of aromatic nitrogens is 1. The lowest BCUT2D eigenvalue weighted by atomic mass is 9.96. The van der Waals surface area contributed by atoms with Crippen molar-refractivity contribution in [3.63, 3.8) is 0 Å². The van der Waals surface area contributed by atoms with Crippen molar-refractivity contribution >= 4 is 5.91 Å². The predicted octanol–water partition coefficient (Wildman–Crippen LogP) is 2.45. The second-order valence-corrected chi connectivity index (χ2v) is 6.60. The standard InChI is InChI=1S/C20H24N2O3/c23-19(14-17-6-4-11-21-15-17)22-12-5-9-20(24,10-13-22)16-25-18-7-2-1-3-8-18/h1-4,6-8,11,15,24H,5,9-10,12-14,16H2. The van der Waals surface area contributed by atoms with E-state index in [4.69, 9.17) is 4.74 Å². The fourth-order valence-electron chi connectivity index (χ4n) is 3.10. The Morgan fingerprint density at radius 3 is 2.76 bits per heavy atom. The molecule has 1 N–H and O–H groups in total. The molecule has 2 aromatic rings. The van der Waals surface area contributed by atoms with Gasteiger partial charge in [-0.25, -0.2) is 0 Å². The highest BCUT2D eigenvalue weighted by Gasteiger charge is 2.32. The molecule has 132 valence electrons. The number of aliphatic hydroxyl groups is 1. The third-order valence-electron chi connectivity index (χ3n) is 4.60. The van der Waals surface area contributed by atoms with E-state index in [1.54, 1.807) is 12.4 Å². The summed E-state index contributed by atoms with van der Waals surface area (Å²) in [6.07, 6.45) is 5.71. The van der Waals surface area contributed by atoms with Crippen molar-refractivity contribution in [1.82, 2.24) is 9.88 Å². The van der Waals surface area contributed by atoms with Crippen molar-refractivity contribution in [2.45, 2.75) is 31.3 Å². The molecule has 1 saturated heterocycles. The van der Waals surface area contributed by atoms with Crippen molar-refractivity contribution in [2.24, 2.45) is 0 Å². The maximum atomic E-state index is 12.5. The molecule has 0 spiro atoms. The van der Waals surface area contributed by atoms with E-state index in [1.807, 2.05) is 47.4 Å². The monoisotopic (exact) mass is 340 g/mol. The normalized spacial score (nSPS) is 20.8. The Balaban J connectivity index is 1.53. The summed E-state index contributed by atoms with van der Waals surface area (Å²) in [5.41, 5.74) is 0.0264. The van der Waals surface area contributed by atoms with Crippen molar-refractivity contribution in [1.29, 1.82) is 0 Å². The van der Waals surface area contributed by atoms with E-state index in [-0.39, 0.29) is 12.5 Å². The summed E-state index contributed by atoms with van der Waals surface area (Å²) in [4.78, 5) is 18.4. The van der Waals surface area contributed by atoms with Crippen LogP contribution in [0.4, 0.5) is 0 Å². The molecule has 0 radical (unpaired) electrons. The van der Waals surface area contributed by atoms with Gasteiger partial charge < -0.3 is 14.7 Å². The highest BCUT2D eigenvalue weighted by Crippen LogP contribution is 2.24. The van der Waals surface area contributed by atoms with E-state index in [9.17, 15) is 9.90 Å². The van der Waals surface area contributed by atoms with E-state index >= 15 is 0 Å². The van der Waals surface area contributed by atoms with E-state index in [0.29, 0.717) is 32.4 Å². The van der Waals surface area contributed by atoms with Crippen LogP contribution in [-0.4, -0.2) is 46.2 Å². The molecule has 1 atom stereocenters. The summed E-state index contributed by atoms with van der Waals surface area (Å²) in [7, 11) is 0. The average molecular weight is 340 g/mol. The number of rotatable bonds is 5. The fourth-order valence-corrected chi connectivity index (χ4v) is 3.10. The number of carbonyl (C=O) groups excluding carboxylic acids is 1. The van der Waals surface area contributed by atoms with Gasteiger partial charge in [-0.2, -0.15) is 0 Å². The van der Waals surface area contributed by atoms with Gasteiger partial charge in [-0.3, -0.25) is 9.78 Å². The zero-order valence-corrected chi connectivity index (χ0v) is 14.3. The van der Waals surface area contributed by atoms with Crippen molar-refractivity contribution in [3.05, 3.63) is 60.4 Å². The summed E-state index contributed by atoms with van der Waals surface area (Å²) in [5.74, 6) is 0.839. The Bertz CT molecular complexity index is 678. The lowest BCUT2D eigenvalue weighted by molar-refractivity contribution is -0.130. The van der Waals surface area contributed by atoms with E-state index < -0.39 is 5.60 Å². The molecule has 1 amide bonds. The molecular formula is C20H24N2O3. The summed E-state index contributed by atoms with van der Waals surface area (Å²) in [6, 6.07) is 13.3. The Kier molecular flexibility index (Phi) is 5.66. The second kappa shape index (κ2) is 8.12. The number of carbonyl (C=O) groups is 1. The number of ether oxygens (including phenoxy) is 1. The highest BCUT2D eigenvalue weighted by molar-refractivity contribution is 5.78. The largest absolute Gasteiger partial charge is 0.491 e. The van der Waals surface area contributed by atoms with Crippen LogP contribution in [0.2, 0.25) is 0 Å². The quantitative estimate of drug-likeness (QED) is 0.908. The van der Waals surface area contributed by atoms with Gasteiger partial charge in [0.15, 0.2) is 0 Å². The lowest BCUT2D eigenvalue weighted by Crippen LogP contribution is -2.38. The molecular weight excluding hydrogens is 316 g/mol. The molecule has 0 aliphatic carbocycles. The van der Waals surface area contributed by atoms with Crippen LogP contribution in [0.25, 0.3) is 0 Å². The molecule has 0 bridgehead atoms. The topological polar surface area (TPSA) is 62.7 Å². The van der Waals surface area contributed by atoms with Gasteiger partial charge in [-0.1, -0.05) is 24.3 Å². The number of likely N-dealkylation sites (tertiary alicyclic amines) is 1. The molecule has 3 rings (SSSR count). The van der Waals surface area contributed by atoms with Crippen LogP contribution in [0.3, 0.4) is 0 Å². The van der Waals surface area contributed by atoms with Crippen molar-refractivity contribution in [3.8, 4) is 5.75 Å². The van der Waals surface area contributed by atoms with Crippen molar-refractivity contribution in [2.75, 3.05) is 19.7 Å². The maximum absolute atomic E-state index is 12.5. The molecule has 1 unspecified atom stereocenters. The van der Waals surface area contributed by atoms with Gasteiger partial charge in [-0.15, -0.1) is 0 Å². The summed E-state index contributed by atoms with van der Waals surface area (Å²) < 4.78 is 5.73. The van der Waals surface area contributed by atoms with Crippen LogP contribution in [-0.2, 0) is 11.2 Å². The van der Waals surface area contributed by atoms with Gasteiger partial charge in [0.25, 0.3) is 0 Å². The van der Waals surface area contributed by atoms with Gasteiger partial charge in [0.05, 0.1) is 6.42 Å². The van der Waals surface area contributed by atoms with Crippen LogP contribution in [0.1, 0.15) is 24.8 Å². The first-order valence-electron chi connectivity index (χ1n) is 8.72. The van der Waals surface area contributed by atoms with Gasteiger partial charge >= 0.3 is 0 Å². The third-order valence-corrected chi connectivity index (χ3v) is 4.60. The second-order valence-electron chi connectivity index (χ2n) is 6.60. The fraction of sp³-hybridized carbons (Fsp3) is 0.400. The molecule has 1 aliphatic rings. The highest BCUT2D eigenvalue weighted by atomic mass is 16.5. The zero-order chi connectivity index (χ0) is 17.5. The van der Waals surface area contributed by atoms with Crippen LogP contribution in [0.15, 0.2) is 54.9 Å². The molecule has 25 heavy (non-hydrogen) atoms. The molecule has 1 fully saturated rings. The molecule has 1 aliphatic heterocycles. The maximum Gasteiger partial charge on any atom is 0.227 e. The van der Waals surface area contributed by atoms with E-state index in [0.717, 1.165) is 17.7 Å². The lowest BCUT2D eigenvalue weighted by Gasteiger charge is -2.27. The Labute approximate surface area is 148 Å². The molecule has 0 saturated carbocycles. The summed E-state index contributed by atoms with van der Waals surface area (Å²) >= 11 is 0. The van der Waals surface area contributed by atoms with Crippen LogP contribution >= 0.6 is 0 Å². The summed E-state index contributed by atoms with van der Waals surface area (Å²) in [6.45, 7) is 1.47. The van der Waals surface area contributed by atoms with E-state index in [2.05, 4.69) is 4.98 Å². The van der Waals surface area contributed by atoms with Crippen LogP contribution in [0, 0.1) is 0 Å². The molecule has 2 heterocycles.